The average Bonchev–Trinajstić information content (AvgIpc) is 3.23. The predicted molar refractivity (Wildman–Crippen MR) is 101 cm³/mol. The first-order valence-corrected chi connectivity index (χ1v) is 8.61. The molecule has 29 heavy (non-hydrogen) atoms. The molecule has 0 radical (unpaired) electrons. The van der Waals surface area contributed by atoms with Gasteiger partial charge in [-0.1, -0.05) is 47.6 Å². The smallest absolute Gasteiger partial charge is 0.329 e. The van der Waals surface area contributed by atoms with Gasteiger partial charge in [0.05, 0.1) is 0 Å². The largest absolute Gasteiger partial charge is 0.471 e. The van der Waals surface area contributed by atoms with Crippen LogP contribution in [0.3, 0.4) is 0 Å². The summed E-state index contributed by atoms with van der Waals surface area (Å²) >= 11 is 0. The molecule has 1 aromatic heterocycles. The van der Waals surface area contributed by atoms with Gasteiger partial charge in [-0.3, -0.25) is 4.79 Å². The molecule has 0 saturated heterocycles. The van der Waals surface area contributed by atoms with E-state index in [1.807, 2.05) is 42.5 Å². The van der Waals surface area contributed by atoms with Crippen molar-refractivity contribution in [2.75, 3.05) is 11.9 Å². The first-order chi connectivity index (χ1) is 13.8. The standard InChI is InChI=1S/C21H14F3N3O2/c1-27(17-11-10-13-4-2-3-5-16(13)12-17)19(28)15-8-6-14(7-9-15)18-25-20(29-26-18)21(22,23)24/h2-12H,1H3. The number of hydrogen-bond donors (Lipinski definition) is 0. The van der Waals surface area contributed by atoms with Crippen LogP contribution in [0, 0.1) is 0 Å². The van der Waals surface area contributed by atoms with Crippen molar-refractivity contribution < 1.29 is 22.5 Å². The number of hydrogen-bond acceptors (Lipinski definition) is 4. The van der Waals surface area contributed by atoms with Crippen LogP contribution in [-0.2, 0) is 6.18 Å². The van der Waals surface area contributed by atoms with Gasteiger partial charge in [0.25, 0.3) is 5.91 Å². The minimum absolute atomic E-state index is 0.195. The second kappa shape index (κ2) is 7.05. The van der Waals surface area contributed by atoms with Gasteiger partial charge in [-0.2, -0.15) is 18.2 Å². The Morgan fingerprint density at radius 1 is 0.966 bits per heavy atom. The zero-order valence-corrected chi connectivity index (χ0v) is 15.1. The Bertz CT molecular complexity index is 1180. The third kappa shape index (κ3) is 3.69. The van der Waals surface area contributed by atoms with Crippen LogP contribution in [0.2, 0.25) is 0 Å². The van der Waals surface area contributed by atoms with Crippen molar-refractivity contribution in [2.45, 2.75) is 6.18 Å². The topological polar surface area (TPSA) is 59.2 Å². The molecule has 146 valence electrons. The van der Waals surface area contributed by atoms with Gasteiger partial charge in [0, 0.05) is 23.9 Å². The summed E-state index contributed by atoms with van der Waals surface area (Å²) in [5.41, 5.74) is 1.42. The lowest BCUT2D eigenvalue weighted by Gasteiger charge is -2.18. The minimum atomic E-state index is -4.70. The van der Waals surface area contributed by atoms with Crippen LogP contribution in [0.15, 0.2) is 71.3 Å². The van der Waals surface area contributed by atoms with Gasteiger partial charge in [-0.05, 0) is 35.0 Å². The van der Waals surface area contributed by atoms with Crippen molar-refractivity contribution >= 4 is 22.4 Å². The Morgan fingerprint density at radius 2 is 1.66 bits per heavy atom. The van der Waals surface area contributed by atoms with Crippen LogP contribution in [0.4, 0.5) is 18.9 Å². The van der Waals surface area contributed by atoms with Gasteiger partial charge in [0.2, 0.25) is 5.82 Å². The number of amides is 1. The Balaban J connectivity index is 1.56. The lowest BCUT2D eigenvalue weighted by atomic mass is 10.1. The fourth-order valence-corrected chi connectivity index (χ4v) is 2.91. The van der Waals surface area contributed by atoms with E-state index >= 15 is 0 Å². The van der Waals surface area contributed by atoms with Crippen LogP contribution in [0.5, 0.6) is 0 Å². The molecule has 4 aromatic rings. The molecule has 0 bridgehead atoms. The zero-order valence-electron chi connectivity index (χ0n) is 15.1. The summed E-state index contributed by atoms with van der Waals surface area (Å²) in [6, 6.07) is 19.5. The van der Waals surface area contributed by atoms with E-state index in [9.17, 15) is 18.0 Å². The quantitative estimate of drug-likeness (QED) is 0.478. The molecule has 0 aliphatic carbocycles. The third-order valence-corrected chi connectivity index (χ3v) is 4.48. The molecule has 4 rings (SSSR count). The minimum Gasteiger partial charge on any atom is -0.329 e. The molecule has 1 heterocycles. The molecule has 3 aromatic carbocycles. The number of alkyl halides is 3. The second-order valence-electron chi connectivity index (χ2n) is 6.39. The van der Waals surface area contributed by atoms with Crippen LogP contribution >= 0.6 is 0 Å². The summed E-state index contributed by atoms with van der Waals surface area (Å²) in [7, 11) is 1.66. The third-order valence-electron chi connectivity index (χ3n) is 4.48. The van der Waals surface area contributed by atoms with Gasteiger partial charge in [-0.25, -0.2) is 0 Å². The van der Waals surface area contributed by atoms with Crippen molar-refractivity contribution in [3.05, 3.63) is 78.2 Å². The molecule has 1 amide bonds. The van der Waals surface area contributed by atoms with Crippen molar-refractivity contribution in [3.8, 4) is 11.4 Å². The molecule has 8 heteroatoms. The van der Waals surface area contributed by atoms with Crippen molar-refractivity contribution in [3.63, 3.8) is 0 Å². The number of halogens is 3. The molecule has 5 nitrogen and oxygen atoms in total. The summed E-state index contributed by atoms with van der Waals surface area (Å²) in [6.07, 6.45) is -4.70. The van der Waals surface area contributed by atoms with Crippen LogP contribution < -0.4 is 4.90 Å². The van der Waals surface area contributed by atoms with Crippen LogP contribution in [-0.4, -0.2) is 23.1 Å². The van der Waals surface area contributed by atoms with E-state index in [1.54, 1.807) is 7.05 Å². The number of nitrogens with zero attached hydrogens (tertiary/aromatic N) is 3. The van der Waals surface area contributed by atoms with Crippen LogP contribution in [0.1, 0.15) is 16.2 Å². The van der Waals surface area contributed by atoms with E-state index in [0.29, 0.717) is 11.1 Å². The average molecular weight is 397 g/mol. The number of fused-ring (bicyclic) bond motifs is 1. The summed E-state index contributed by atoms with van der Waals surface area (Å²) in [6.45, 7) is 0. The van der Waals surface area contributed by atoms with Crippen molar-refractivity contribution in [2.24, 2.45) is 0 Å². The van der Waals surface area contributed by atoms with E-state index in [0.717, 1.165) is 16.5 Å². The molecular weight excluding hydrogens is 383 g/mol. The Hall–Kier alpha value is -3.68. The summed E-state index contributed by atoms with van der Waals surface area (Å²) in [4.78, 5) is 17.6. The molecule has 0 fully saturated rings. The molecule has 0 unspecified atom stereocenters. The van der Waals surface area contributed by atoms with E-state index in [1.165, 1.54) is 29.2 Å². The van der Waals surface area contributed by atoms with E-state index in [-0.39, 0.29) is 11.7 Å². The van der Waals surface area contributed by atoms with E-state index in [2.05, 4.69) is 14.7 Å². The van der Waals surface area contributed by atoms with E-state index in [4.69, 9.17) is 0 Å². The van der Waals surface area contributed by atoms with Gasteiger partial charge in [0.15, 0.2) is 0 Å². The summed E-state index contributed by atoms with van der Waals surface area (Å²) in [5, 5.41) is 5.42. The molecule has 0 aliphatic rings. The van der Waals surface area contributed by atoms with Crippen molar-refractivity contribution in [1.82, 2.24) is 10.1 Å². The number of carbonyl (C=O) groups excluding carboxylic acids is 1. The molecule has 0 N–H and O–H groups in total. The van der Waals surface area contributed by atoms with Gasteiger partial charge < -0.3 is 9.42 Å². The first kappa shape index (κ1) is 18.7. The maximum atomic E-state index is 12.8. The van der Waals surface area contributed by atoms with Gasteiger partial charge in [-0.15, -0.1) is 0 Å². The van der Waals surface area contributed by atoms with Crippen molar-refractivity contribution in [1.29, 1.82) is 0 Å². The first-order valence-electron chi connectivity index (χ1n) is 8.61. The highest BCUT2D eigenvalue weighted by Gasteiger charge is 2.38. The fraction of sp³-hybridized carbons (Fsp3) is 0.0952. The number of rotatable bonds is 3. The number of carbonyl (C=O) groups is 1. The highest BCUT2D eigenvalue weighted by atomic mass is 19.4. The summed E-state index contributed by atoms with van der Waals surface area (Å²) < 4.78 is 42.0. The fourth-order valence-electron chi connectivity index (χ4n) is 2.91. The molecule has 0 atom stereocenters. The number of benzene rings is 3. The van der Waals surface area contributed by atoms with Gasteiger partial charge >= 0.3 is 12.1 Å². The normalized spacial score (nSPS) is 11.6. The molecule has 0 spiro atoms. The monoisotopic (exact) mass is 397 g/mol. The second-order valence-corrected chi connectivity index (χ2v) is 6.39. The maximum Gasteiger partial charge on any atom is 0.471 e. The molecule has 0 saturated carbocycles. The summed E-state index contributed by atoms with van der Waals surface area (Å²) in [5.74, 6) is -1.86. The highest BCUT2D eigenvalue weighted by molar-refractivity contribution is 6.06. The number of aromatic nitrogens is 2. The Morgan fingerprint density at radius 3 is 2.31 bits per heavy atom. The lowest BCUT2D eigenvalue weighted by molar-refractivity contribution is -0.159. The SMILES string of the molecule is CN(C(=O)c1ccc(-c2noc(C(F)(F)F)n2)cc1)c1ccc2ccccc2c1. The van der Waals surface area contributed by atoms with Crippen LogP contribution in [0.25, 0.3) is 22.2 Å². The number of anilines is 1. The Labute approximate surface area is 163 Å². The lowest BCUT2D eigenvalue weighted by Crippen LogP contribution is -2.26. The molecule has 0 aliphatic heterocycles. The Kier molecular flexibility index (Phi) is 4.54. The molecular formula is C21H14F3N3O2. The zero-order chi connectivity index (χ0) is 20.6. The highest BCUT2D eigenvalue weighted by Crippen LogP contribution is 2.29. The maximum absolute atomic E-state index is 12.8. The van der Waals surface area contributed by atoms with Gasteiger partial charge in [0.1, 0.15) is 0 Å². The predicted octanol–water partition coefficient (Wildman–Crippen LogP) is 5.19. The van der Waals surface area contributed by atoms with E-state index < -0.39 is 12.1 Å².